The summed E-state index contributed by atoms with van der Waals surface area (Å²) in [6.07, 6.45) is -0.752. The topological polar surface area (TPSA) is 125 Å². The van der Waals surface area contributed by atoms with Crippen molar-refractivity contribution >= 4 is 17.7 Å². The first-order chi connectivity index (χ1) is 13.8. The molecule has 0 spiro atoms. The fourth-order valence-corrected chi connectivity index (χ4v) is 2.56. The van der Waals surface area contributed by atoms with Crippen LogP contribution in [0.3, 0.4) is 0 Å². The van der Waals surface area contributed by atoms with E-state index in [4.69, 9.17) is 14.2 Å². The number of nitrogens with zero attached hydrogens (tertiary/aromatic N) is 1. The molecule has 0 aliphatic carbocycles. The van der Waals surface area contributed by atoms with Crippen LogP contribution in [0.15, 0.2) is 35.1 Å². The van der Waals surface area contributed by atoms with Crippen LogP contribution in [-0.2, 0) is 19.1 Å². The van der Waals surface area contributed by atoms with Gasteiger partial charge in [-0.15, -0.1) is 0 Å². The van der Waals surface area contributed by atoms with Gasteiger partial charge in [0.25, 0.3) is 5.56 Å². The van der Waals surface area contributed by atoms with Gasteiger partial charge in [0.05, 0.1) is 17.9 Å². The van der Waals surface area contributed by atoms with Crippen LogP contribution >= 0.6 is 0 Å². The van der Waals surface area contributed by atoms with Gasteiger partial charge in [0.2, 0.25) is 0 Å². The van der Waals surface area contributed by atoms with Gasteiger partial charge < -0.3 is 14.2 Å². The van der Waals surface area contributed by atoms with Crippen LogP contribution in [-0.4, -0.2) is 47.2 Å². The van der Waals surface area contributed by atoms with Crippen LogP contribution in [0.5, 0.6) is 5.75 Å². The molecule has 0 bridgehead atoms. The van der Waals surface area contributed by atoms with Crippen LogP contribution in [0.2, 0.25) is 0 Å². The highest BCUT2D eigenvalue weighted by Crippen LogP contribution is 2.30. The summed E-state index contributed by atoms with van der Waals surface area (Å²) in [6, 6.07) is 7.37. The lowest BCUT2D eigenvalue weighted by molar-refractivity contribution is -0.149. The van der Waals surface area contributed by atoms with E-state index < -0.39 is 18.0 Å². The first-order valence-corrected chi connectivity index (χ1v) is 8.97. The van der Waals surface area contributed by atoms with Crippen LogP contribution in [0.1, 0.15) is 37.6 Å². The number of aromatic amines is 1. The predicted molar refractivity (Wildman–Crippen MR) is 103 cm³/mol. The third-order valence-electron chi connectivity index (χ3n) is 3.72. The maximum absolute atomic E-state index is 12.1. The predicted octanol–water partition coefficient (Wildman–Crippen LogP) is 1.90. The third kappa shape index (κ3) is 6.56. The zero-order valence-electron chi connectivity index (χ0n) is 16.4. The maximum Gasteiger partial charge on any atom is 0.338 e. The molecule has 0 aliphatic rings. The van der Waals surface area contributed by atoms with Gasteiger partial charge in [-0.2, -0.15) is 5.10 Å². The summed E-state index contributed by atoms with van der Waals surface area (Å²) in [5, 5.41) is 6.30. The summed E-state index contributed by atoms with van der Waals surface area (Å²) in [7, 11) is 0. The summed E-state index contributed by atoms with van der Waals surface area (Å²) in [6.45, 7) is 4.48. The van der Waals surface area contributed by atoms with Gasteiger partial charge in [-0.1, -0.05) is 0 Å². The molecule has 29 heavy (non-hydrogen) atoms. The number of carbonyl (C=O) groups is 3. The number of ether oxygens (including phenoxy) is 3. The average Bonchev–Trinajstić information content (AvgIpc) is 2.66. The minimum atomic E-state index is -0.758. The SMILES string of the molecule is CCOC(=O)c1ccc(OCC(CC(C)=O)OC(C)=O)c(-c2ccc(=O)[nH]n2)c1. The van der Waals surface area contributed by atoms with Gasteiger partial charge in [0.15, 0.2) is 0 Å². The monoisotopic (exact) mass is 402 g/mol. The Kier molecular flexibility index (Phi) is 7.64. The lowest BCUT2D eigenvalue weighted by Gasteiger charge is -2.18. The van der Waals surface area contributed by atoms with Gasteiger partial charge >= 0.3 is 11.9 Å². The second-order valence-corrected chi connectivity index (χ2v) is 6.19. The number of rotatable bonds is 9. The van der Waals surface area contributed by atoms with E-state index >= 15 is 0 Å². The van der Waals surface area contributed by atoms with Crippen LogP contribution in [0.25, 0.3) is 11.3 Å². The van der Waals surface area contributed by atoms with E-state index in [2.05, 4.69) is 10.2 Å². The fraction of sp³-hybridized carbons (Fsp3) is 0.350. The van der Waals surface area contributed by atoms with Crippen molar-refractivity contribution < 1.29 is 28.6 Å². The Morgan fingerprint density at radius 3 is 2.48 bits per heavy atom. The number of H-pyrrole nitrogens is 1. The first-order valence-electron chi connectivity index (χ1n) is 8.97. The Labute approximate surface area is 167 Å². The number of hydrogen-bond donors (Lipinski definition) is 1. The van der Waals surface area contributed by atoms with Crippen molar-refractivity contribution in [3.63, 3.8) is 0 Å². The zero-order valence-corrected chi connectivity index (χ0v) is 16.4. The van der Waals surface area contributed by atoms with E-state index in [0.717, 1.165) is 0 Å². The molecule has 2 aromatic rings. The molecule has 0 aliphatic heterocycles. The summed E-state index contributed by atoms with van der Waals surface area (Å²) in [4.78, 5) is 46.1. The Hall–Kier alpha value is -3.49. The average molecular weight is 402 g/mol. The molecule has 1 aromatic heterocycles. The number of aromatic nitrogens is 2. The summed E-state index contributed by atoms with van der Waals surface area (Å²) >= 11 is 0. The van der Waals surface area contributed by atoms with Gasteiger partial charge in [-0.25, -0.2) is 9.89 Å². The third-order valence-corrected chi connectivity index (χ3v) is 3.72. The standard InChI is InChI=1S/C20H22N2O7/c1-4-27-20(26)14-5-7-18(16(10-14)17-6-8-19(25)22-21-17)28-11-15(9-12(2)23)29-13(3)24/h5-8,10,15H,4,9,11H2,1-3H3,(H,22,25). The molecule has 0 saturated carbocycles. The molecule has 0 radical (unpaired) electrons. The molecule has 0 amide bonds. The van der Waals surface area contributed by atoms with E-state index in [9.17, 15) is 19.2 Å². The summed E-state index contributed by atoms with van der Waals surface area (Å²) in [5.41, 5.74) is 0.689. The maximum atomic E-state index is 12.1. The van der Waals surface area contributed by atoms with E-state index in [1.54, 1.807) is 13.0 Å². The molecule has 9 heteroatoms. The largest absolute Gasteiger partial charge is 0.489 e. The highest BCUT2D eigenvalue weighted by atomic mass is 16.6. The number of carbonyl (C=O) groups excluding carboxylic acids is 3. The number of hydrogen-bond acceptors (Lipinski definition) is 8. The molecule has 9 nitrogen and oxygen atoms in total. The molecular formula is C20H22N2O7. The van der Waals surface area contributed by atoms with Gasteiger partial charge in [0, 0.05) is 25.0 Å². The molecular weight excluding hydrogens is 380 g/mol. The Morgan fingerprint density at radius 1 is 1.14 bits per heavy atom. The first kappa shape index (κ1) is 21.8. The Balaban J connectivity index is 2.34. The van der Waals surface area contributed by atoms with Crippen molar-refractivity contribution in [3.8, 4) is 17.0 Å². The van der Waals surface area contributed by atoms with E-state index in [1.807, 2.05) is 0 Å². The second-order valence-electron chi connectivity index (χ2n) is 6.19. The molecule has 1 atom stereocenters. The van der Waals surface area contributed by atoms with Crippen molar-refractivity contribution in [2.45, 2.75) is 33.3 Å². The van der Waals surface area contributed by atoms with Crippen molar-refractivity contribution in [2.75, 3.05) is 13.2 Å². The van der Waals surface area contributed by atoms with Gasteiger partial charge in [-0.3, -0.25) is 14.4 Å². The minimum Gasteiger partial charge on any atom is -0.489 e. The number of ketones is 1. The smallest absolute Gasteiger partial charge is 0.338 e. The second kappa shape index (κ2) is 10.2. The lowest BCUT2D eigenvalue weighted by Crippen LogP contribution is -2.26. The van der Waals surface area contributed by atoms with Crippen molar-refractivity contribution in [1.29, 1.82) is 0 Å². The zero-order chi connectivity index (χ0) is 21.4. The molecule has 0 fully saturated rings. The van der Waals surface area contributed by atoms with Gasteiger partial charge in [0.1, 0.15) is 24.2 Å². The van der Waals surface area contributed by atoms with Gasteiger partial charge in [-0.05, 0) is 38.1 Å². The highest BCUT2D eigenvalue weighted by molar-refractivity contribution is 5.91. The van der Waals surface area contributed by atoms with Crippen molar-refractivity contribution in [1.82, 2.24) is 10.2 Å². The number of nitrogens with one attached hydrogen (secondary N) is 1. The Morgan fingerprint density at radius 2 is 1.90 bits per heavy atom. The van der Waals surface area contributed by atoms with Crippen LogP contribution in [0, 0.1) is 0 Å². The molecule has 1 unspecified atom stereocenters. The normalized spacial score (nSPS) is 11.4. The van der Waals surface area contributed by atoms with Crippen molar-refractivity contribution in [3.05, 3.63) is 46.2 Å². The summed E-state index contributed by atoms with van der Waals surface area (Å²) < 4.78 is 15.9. The molecule has 1 heterocycles. The van der Waals surface area contributed by atoms with E-state index in [0.29, 0.717) is 17.0 Å². The quantitative estimate of drug-likeness (QED) is 0.631. The van der Waals surface area contributed by atoms with Crippen LogP contribution < -0.4 is 10.3 Å². The number of benzene rings is 1. The van der Waals surface area contributed by atoms with Crippen molar-refractivity contribution in [2.24, 2.45) is 0 Å². The molecule has 1 aromatic carbocycles. The minimum absolute atomic E-state index is 0.00668. The highest BCUT2D eigenvalue weighted by Gasteiger charge is 2.19. The Bertz CT molecular complexity index is 916. The fourth-order valence-electron chi connectivity index (χ4n) is 2.56. The number of Topliss-reactive ketones (excluding diaryl/α,β-unsaturated/α-hetero) is 1. The molecule has 1 N–H and O–H groups in total. The number of esters is 2. The van der Waals surface area contributed by atoms with Crippen LogP contribution in [0.4, 0.5) is 0 Å². The lowest BCUT2D eigenvalue weighted by atomic mass is 10.1. The molecule has 2 rings (SSSR count). The summed E-state index contributed by atoms with van der Waals surface area (Å²) in [5.74, 6) is -0.863. The molecule has 0 saturated heterocycles. The molecule has 154 valence electrons. The van der Waals surface area contributed by atoms with E-state index in [-0.39, 0.29) is 36.5 Å². The van der Waals surface area contributed by atoms with E-state index in [1.165, 1.54) is 38.1 Å².